The zero-order valence-corrected chi connectivity index (χ0v) is 12.8. The first-order valence-electron chi connectivity index (χ1n) is 7.38. The average molecular weight is 289 g/mol. The molecule has 5 nitrogen and oxygen atoms in total. The van der Waals surface area contributed by atoms with Gasteiger partial charge in [-0.05, 0) is 18.9 Å². The number of benzene rings is 1. The van der Waals surface area contributed by atoms with Crippen LogP contribution in [-0.4, -0.2) is 36.0 Å². The number of nitrogens with zero attached hydrogens (tertiary/aromatic N) is 1. The van der Waals surface area contributed by atoms with E-state index in [-0.39, 0.29) is 24.0 Å². The average Bonchev–Trinajstić information content (AvgIpc) is 2.40. The van der Waals surface area contributed by atoms with Crippen molar-refractivity contribution in [3.63, 3.8) is 0 Å². The summed E-state index contributed by atoms with van der Waals surface area (Å²) in [6.07, 6.45) is 0.845. The van der Waals surface area contributed by atoms with Crippen molar-refractivity contribution in [2.45, 2.75) is 39.3 Å². The molecule has 1 fully saturated rings. The Bertz CT molecular complexity index is 507. The minimum absolute atomic E-state index is 0.0258. The van der Waals surface area contributed by atoms with Crippen LogP contribution in [0.5, 0.6) is 0 Å². The predicted octanol–water partition coefficient (Wildman–Crippen LogP) is 1.98. The third kappa shape index (κ3) is 3.97. The van der Waals surface area contributed by atoms with Crippen LogP contribution in [0.15, 0.2) is 24.3 Å². The number of aryl methyl sites for hydroxylation is 1. The molecule has 1 saturated heterocycles. The van der Waals surface area contributed by atoms with Crippen LogP contribution >= 0.6 is 0 Å². The van der Waals surface area contributed by atoms with Crippen LogP contribution in [-0.2, 0) is 4.79 Å². The minimum Gasteiger partial charge on any atom is -0.350 e. The number of rotatable bonds is 4. The Hall–Kier alpha value is -2.04. The SMILES string of the molecule is CCC(NC(=O)N1CC(NC(C)=O)C1)c1ccc(C)cc1. The molecular weight excluding hydrogens is 266 g/mol. The van der Waals surface area contributed by atoms with Gasteiger partial charge in [-0.3, -0.25) is 4.79 Å². The summed E-state index contributed by atoms with van der Waals surface area (Å²) in [4.78, 5) is 24.8. The van der Waals surface area contributed by atoms with Crippen molar-refractivity contribution in [2.24, 2.45) is 0 Å². The lowest BCUT2D eigenvalue weighted by Crippen LogP contribution is -2.62. The lowest BCUT2D eigenvalue weighted by Gasteiger charge is -2.40. The second-order valence-electron chi connectivity index (χ2n) is 5.62. The van der Waals surface area contributed by atoms with Crippen molar-refractivity contribution >= 4 is 11.9 Å². The van der Waals surface area contributed by atoms with Crippen molar-refractivity contribution in [1.29, 1.82) is 0 Å². The first-order valence-corrected chi connectivity index (χ1v) is 7.38. The summed E-state index contributed by atoms with van der Waals surface area (Å²) >= 11 is 0. The van der Waals surface area contributed by atoms with Crippen LogP contribution in [0.25, 0.3) is 0 Å². The molecule has 0 radical (unpaired) electrons. The van der Waals surface area contributed by atoms with E-state index in [1.54, 1.807) is 4.90 Å². The van der Waals surface area contributed by atoms with E-state index in [0.29, 0.717) is 13.1 Å². The number of hydrogen-bond acceptors (Lipinski definition) is 2. The van der Waals surface area contributed by atoms with E-state index in [9.17, 15) is 9.59 Å². The zero-order chi connectivity index (χ0) is 15.4. The van der Waals surface area contributed by atoms with E-state index >= 15 is 0 Å². The molecule has 1 heterocycles. The molecule has 1 atom stereocenters. The van der Waals surface area contributed by atoms with Crippen molar-refractivity contribution in [1.82, 2.24) is 15.5 Å². The second-order valence-corrected chi connectivity index (χ2v) is 5.62. The zero-order valence-electron chi connectivity index (χ0n) is 12.8. The monoisotopic (exact) mass is 289 g/mol. The number of carbonyl (C=O) groups is 2. The summed E-state index contributed by atoms with van der Waals surface area (Å²) in [5.41, 5.74) is 2.33. The van der Waals surface area contributed by atoms with Gasteiger partial charge in [0.05, 0.1) is 12.1 Å². The van der Waals surface area contributed by atoms with E-state index in [4.69, 9.17) is 0 Å². The Kier molecular flexibility index (Phi) is 4.83. The lowest BCUT2D eigenvalue weighted by atomic mass is 10.0. The van der Waals surface area contributed by atoms with Gasteiger partial charge < -0.3 is 15.5 Å². The molecule has 1 aromatic carbocycles. The highest BCUT2D eigenvalue weighted by atomic mass is 16.2. The van der Waals surface area contributed by atoms with Gasteiger partial charge in [0.15, 0.2) is 0 Å². The molecule has 5 heteroatoms. The molecule has 0 aromatic heterocycles. The highest BCUT2D eigenvalue weighted by molar-refractivity contribution is 5.77. The third-order valence-corrected chi connectivity index (χ3v) is 3.76. The van der Waals surface area contributed by atoms with E-state index < -0.39 is 0 Å². The molecule has 0 spiro atoms. The highest BCUT2D eigenvalue weighted by Crippen LogP contribution is 2.18. The fourth-order valence-electron chi connectivity index (χ4n) is 2.48. The van der Waals surface area contributed by atoms with Crippen molar-refractivity contribution in [3.05, 3.63) is 35.4 Å². The predicted molar refractivity (Wildman–Crippen MR) is 81.9 cm³/mol. The standard InChI is InChI=1S/C16H23N3O2/c1-4-15(13-7-5-11(2)6-8-13)18-16(21)19-9-14(10-19)17-12(3)20/h5-8,14-15H,4,9-10H2,1-3H3,(H,17,20)(H,18,21). The summed E-state index contributed by atoms with van der Waals surface area (Å²) in [7, 11) is 0. The normalized spacial score (nSPS) is 16.0. The van der Waals surface area contributed by atoms with Gasteiger partial charge in [0.1, 0.15) is 0 Å². The summed E-state index contributed by atoms with van der Waals surface area (Å²) in [5.74, 6) is -0.0499. The maximum absolute atomic E-state index is 12.2. The molecule has 0 bridgehead atoms. The fraction of sp³-hybridized carbons (Fsp3) is 0.500. The lowest BCUT2D eigenvalue weighted by molar-refractivity contribution is -0.120. The molecular formula is C16H23N3O2. The first kappa shape index (κ1) is 15.4. The molecule has 0 aliphatic carbocycles. The summed E-state index contributed by atoms with van der Waals surface area (Å²) in [5, 5.41) is 5.86. The molecule has 2 N–H and O–H groups in total. The summed E-state index contributed by atoms with van der Waals surface area (Å²) in [6, 6.07) is 8.27. The molecule has 1 aliphatic heterocycles. The van der Waals surface area contributed by atoms with Gasteiger partial charge in [0.2, 0.25) is 5.91 Å². The summed E-state index contributed by atoms with van der Waals surface area (Å²) < 4.78 is 0. The Morgan fingerprint density at radius 2 is 1.90 bits per heavy atom. The van der Waals surface area contributed by atoms with Gasteiger partial charge in [0.25, 0.3) is 0 Å². The van der Waals surface area contributed by atoms with Crippen LogP contribution in [0.2, 0.25) is 0 Å². The number of urea groups is 1. The van der Waals surface area contributed by atoms with Gasteiger partial charge >= 0.3 is 6.03 Å². The number of amides is 3. The number of likely N-dealkylation sites (tertiary alicyclic amines) is 1. The topological polar surface area (TPSA) is 61.4 Å². The number of nitrogens with one attached hydrogen (secondary N) is 2. The number of hydrogen-bond donors (Lipinski definition) is 2. The van der Waals surface area contributed by atoms with Gasteiger partial charge in [-0.1, -0.05) is 36.8 Å². The van der Waals surface area contributed by atoms with Gasteiger partial charge in [0, 0.05) is 20.0 Å². The largest absolute Gasteiger partial charge is 0.350 e. The Morgan fingerprint density at radius 3 is 2.43 bits per heavy atom. The maximum Gasteiger partial charge on any atom is 0.318 e. The van der Waals surface area contributed by atoms with Crippen LogP contribution < -0.4 is 10.6 Å². The van der Waals surface area contributed by atoms with Crippen molar-refractivity contribution in [3.8, 4) is 0 Å². The Morgan fingerprint density at radius 1 is 1.29 bits per heavy atom. The van der Waals surface area contributed by atoms with Crippen molar-refractivity contribution < 1.29 is 9.59 Å². The smallest absolute Gasteiger partial charge is 0.318 e. The van der Waals surface area contributed by atoms with E-state index in [1.807, 2.05) is 6.92 Å². The fourth-order valence-corrected chi connectivity index (χ4v) is 2.48. The van der Waals surface area contributed by atoms with E-state index in [0.717, 1.165) is 12.0 Å². The summed E-state index contributed by atoms with van der Waals surface area (Å²) in [6.45, 7) is 6.76. The molecule has 1 aliphatic rings. The maximum atomic E-state index is 12.2. The molecule has 3 amide bonds. The quantitative estimate of drug-likeness (QED) is 0.890. The highest BCUT2D eigenvalue weighted by Gasteiger charge is 2.31. The molecule has 1 aromatic rings. The molecule has 1 unspecified atom stereocenters. The van der Waals surface area contributed by atoms with Crippen LogP contribution in [0.1, 0.15) is 37.4 Å². The molecule has 2 rings (SSSR count). The van der Waals surface area contributed by atoms with Gasteiger partial charge in [-0.2, -0.15) is 0 Å². The minimum atomic E-state index is -0.0657. The molecule has 114 valence electrons. The molecule has 0 saturated carbocycles. The van der Waals surface area contributed by atoms with E-state index in [2.05, 4.69) is 41.8 Å². The van der Waals surface area contributed by atoms with Crippen LogP contribution in [0, 0.1) is 6.92 Å². The van der Waals surface area contributed by atoms with E-state index in [1.165, 1.54) is 12.5 Å². The second kappa shape index (κ2) is 6.61. The number of carbonyl (C=O) groups excluding carboxylic acids is 2. The van der Waals surface area contributed by atoms with Crippen molar-refractivity contribution in [2.75, 3.05) is 13.1 Å². The van der Waals surface area contributed by atoms with Crippen LogP contribution in [0.4, 0.5) is 4.79 Å². The first-order chi connectivity index (χ1) is 9.99. The third-order valence-electron chi connectivity index (χ3n) is 3.76. The molecule has 21 heavy (non-hydrogen) atoms. The Balaban J connectivity index is 1.86. The van der Waals surface area contributed by atoms with Crippen LogP contribution in [0.3, 0.4) is 0 Å². The Labute approximate surface area is 125 Å². The van der Waals surface area contributed by atoms with Gasteiger partial charge in [-0.15, -0.1) is 0 Å². The van der Waals surface area contributed by atoms with Gasteiger partial charge in [-0.25, -0.2) is 4.79 Å².